The number of carbonyl (C=O) groups is 1. The van der Waals surface area contributed by atoms with Crippen LogP contribution in [0.25, 0.3) is 5.69 Å². The molecule has 1 amide bonds. The molecular weight excluding hydrogens is 360 g/mol. The second-order valence-electron chi connectivity index (χ2n) is 7.73. The van der Waals surface area contributed by atoms with Gasteiger partial charge in [0.25, 0.3) is 5.91 Å². The second-order valence-corrected chi connectivity index (χ2v) is 7.73. The van der Waals surface area contributed by atoms with E-state index >= 15 is 0 Å². The third-order valence-electron chi connectivity index (χ3n) is 5.56. The minimum atomic E-state index is -0.0379. The number of nitrogens with zero attached hydrogens (tertiary/aromatic N) is 3. The molecule has 29 heavy (non-hydrogen) atoms. The van der Waals surface area contributed by atoms with Crippen molar-refractivity contribution >= 4 is 5.91 Å². The Hall–Kier alpha value is -2.92. The maximum Gasteiger partial charge on any atom is 0.251 e. The van der Waals surface area contributed by atoms with E-state index in [9.17, 15) is 4.79 Å². The molecule has 0 aliphatic carbocycles. The average Bonchev–Trinajstić information content (AvgIpc) is 3.19. The smallest absolute Gasteiger partial charge is 0.251 e. The van der Waals surface area contributed by atoms with Gasteiger partial charge in [0.05, 0.1) is 0 Å². The summed E-state index contributed by atoms with van der Waals surface area (Å²) in [7, 11) is 0. The average molecular weight is 389 g/mol. The van der Waals surface area contributed by atoms with Crippen LogP contribution in [-0.2, 0) is 13.1 Å². The third kappa shape index (κ3) is 4.93. The van der Waals surface area contributed by atoms with Gasteiger partial charge >= 0.3 is 0 Å². The first kappa shape index (κ1) is 19.4. The molecule has 0 atom stereocenters. The first-order valence-electron chi connectivity index (χ1n) is 10.4. The predicted molar refractivity (Wildman–Crippen MR) is 115 cm³/mol. The van der Waals surface area contributed by atoms with Crippen LogP contribution in [0.15, 0.2) is 60.9 Å². The first-order chi connectivity index (χ1) is 14.2. The Labute approximate surface area is 172 Å². The summed E-state index contributed by atoms with van der Waals surface area (Å²) >= 11 is 0. The van der Waals surface area contributed by atoms with Crippen LogP contribution < -0.4 is 5.32 Å². The normalized spacial score (nSPS) is 14.7. The molecule has 2 heterocycles. The molecule has 1 aliphatic heterocycles. The lowest BCUT2D eigenvalue weighted by molar-refractivity contribution is 0.0951. The zero-order valence-corrected chi connectivity index (χ0v) is 17.0. The van der Waals surface area contributed by atoms with Gasteiger partial charge in [-0.3, -0.25) is 9.69 Å². The molecule has 5 heteroatoms. The van der Waals surface area contributed by atoms with E-state index in [1.807, 2.05) is 54.1 Å². The third-order valence-corrected chi connectivity index (χ3v) is 5.56. The highest BCUT2D eigenvalue weighted by atomic mass is 16.1. The van der Waals surface area contributed by atoms with E-state index in [2.05, 4.69) is 27.3 Å². The highest BCUT2D eigenvalue weighted by Crippen LogP contribution is 2.14. The van der Waals surface area contributed by atoms with Crippen molar-refractivity contribution in [2.75, 3.05) is 13.1 Å². The van der Waals surface area contributed by atoms with Crippen LogP contribution in [-0.4, -0.2) is 33.4 Å². The van der Waals surface area contributed by atoms with Gasteiger partial charge in [0, 0.05) is 36.7 Å². The molecule has 3 aromatic rings. The molecule has 1 aliphatic rings. The van der Waals surface area contributed by atoms with Gasteiger partial charge in [-0.1, -0.05) is 30.7 Å². The number of hydrogen-bond acceptors (Lipinski definition) is 3. The zero-order valence-electron chi connectivity index (χ0n) is 17.0. The van der Waals surface area contributed by atoms with E-state index in [0.29, 0.717) is 12.1 Å². The molecule has 0 bridgehead atoms. The Morgan fingerprint density at radius 2 is 1.66 bits per heavy atom. The SMILES string of the molecule is Cc1nccn1-c1ccc(CNC(=O)c2ccc(CN3CCCCC3)cc2)cc1. The predicted octanol–water partition coefficient (Wildman–Crippen LogP) is 4.10. The number of hydrogen-bond donors (Lipinski definition) is 1. The maximum atomic E-state index is 12.5. The number of aromatic nitrogens is 2. The van der Waals surface area contributed by atoms with Crippen molar-refractivity contribution in [3.8, 4) is 5.69 Å². The zero-order chi connectivity index (χ0) is 20.1. The van der Waals surface area contributed by atoms with Gasteiger partial charge in [0.2, 0.25) is 0 Å². The van der Waals surface area contributed by atoms with Crippen LogP contribution in [0, 0.1) is 6.92 Å². The summed E-state index contributed by atoms with van der Waals surface area (Å²) in [5.74, 6) is 0.916. The fourth-order valence-electron chi connectivity index (χ4n) is 3.85. The van der Waals surface area contributed by atoms with Crippen molar-refractivity contribution in [3.63, 3.8) is 0 Å². The molecule has 0 spiro atoms. The fraction of sp³-hybridized carbons (Fsp3) is 0.333. The Morgan fingerprint density at radius 1 is 0.966 bits per heavy atom. The topological polar surface area (TPSA) is 50.2 Å². The molecule has 1 aromatic heterocycles. The molecule has 1 N–H and O–H groups in total. The van der Waals surface area contributed by atoms with E-state index in [4.69, 9.17) is 0 Å². The van der Waals surface area contributed by atoms with Gasteiger partial charge in [0.15, 0.2) is 0 Å². The highest BCUT2D eigenvalue weighted by Gasteiger charge is 2.11. The molecule has 0 saturated carbocycles. The molecule has 0 unspecified atom stereocenters. The van der Waals surface area contributed by atoms with Crippen LogP contribution in [0.1, 0.15) is 46.6 Å². The summed E-state index contributed by atoms with van der Waals surface area (Å²) in [6.45, 7) is 5.83. The summed E-state index contributed by atoms with van der Waals surface area (Å²) in [5, 5.41) is 3.01. The summed E-state index contributed by atoms with van der Waals surface area (Å²) in [6.07, 6.45) is 7.68. The summed E-state index contributed by atoms with van der Waals surface area (Å²) in [4.78, 5) is 19.2. The molecule has 5 nitrogen and oxygen atoms in total. The minimum Gasteiger partial charge on any atom is -0.348 e. The number of likely N-dealkylation sites (tertiary alicyclic amines) is 1. The Bertz CT molecular complexity index is 938. The van der Waals surface area contributed by atoms with Gasteiger partial charge in [-0.05, 0) is 68.2 Å². The van der Waals surface area contributed by atoms with Crippen molar-refractivity contribution in [2.24, 2.45) is 0 Å². The van der Waals surface area contributed by atoms with Gasteiger partial charge in [-0.2, -0.15) is 0 Å². The Balaban J connectivity index is 1.30. The largest absolute Gasteiger partial charge is 0.348 e. The number of nitrogens with one attached hydrogen (secondary N) is 1. The van der Waals surface area contributed by atoms with Crippen LogP contribution >= 0.6 is 0 Å². The standard InChI is InChI=1S/C24H28N4O/c1-19-25-13-16-28(19)23-11-7-20(8-12-23)17-26-24(29)22-9-5-21(6-10-22)18-27-14-3-2-4-15-27/h5-13,16H,2-4,14-15,17-18H2,1H3,(H,26,29). The van der Waals surface area contributed by atoms with Gasteiger partial charge in [0.1, 0.15) is 5.82 Å². The van der Waals surface area contributed by atoms with Crippen LogP contribution in [0.2, 0.25) is 0 Å². The lowest BCUT2D eigenvalue weighted by atomic mass is 10.1. The van der Waals surface area contributed by atoms with Crippen molar-refractivity contribution < 1.29 is 4.79 Å². The Kier molecular flexibility index (Phi) is 6.06. The fourth-order valence-corrected chi connectivity index (χ4v) is 3.85. The molecule has 4 rings (SSSR count). The summed E-state index contributed by atoms with van der Waals surface area (Å²) < 4.78 is 2.04. The number of rotatable bonds is 6. The number of carbonyl (C=O) groups excluding carboxylic acids is 1. The molecule has 0 radical (unpaired) electrons. The van der Waals surface area contributed by atoms with Crippen molar-refractivity contribution in [3.05, 3.63) is 83.4 Å². The lowest BCUT2D eigenvalue weighted by Crippen LogP contribution is -2.29. The van der Waals surface area contributed by atoms with E-state index in [0.717, 1.165) is 23.6 Å². The molecule has 1 saturated heterocycles. The first-order valence-corrected chi connectivity index (χ1v) is 10.4. The molecule has 1 fully saturated rings. The second kappa shape index (κ2) is 9.05. The van der Waals surface area contributed by atoms with Crippen LogP contribution in [0.3, 0.4) is 0 Å². The number of piperidine rings is 1. The van der Waals surface area contributed by atoms with Gasteiger partial charge < -0.3 is 9.88 Å². The number of imidazole rings is 1. The monoisotopic (exact) mass is 388 g/mol. The summed E-state index contributed by atoms with van der Waals surface area (Å²) in [6, 6.07) is 16.2. The Morgan fingerprint density at radius 3 is 2.31 bits per heavy atom. The van der Waals surface area contributed by atoms with E-state index in [1.165, 1.54) is 37.9 Å². The number of benzene rings is 2. The quantitative estimate of drug-likeness (QED) is 0.692. The van der Waals surface area contributed by atoms with Crippen molar-refractivity contribution in [1.29, 1.82) is 0 Å². The van der Waals surface area contributed by atoms with Crippen molar-refractivity contribution in [1.82, 2.24) is 19.8 Å². The van der Waals surface area contributed by atoms with Crippen LogP contribution in [0.4, 0.5) is 0 Å². The molecule has 2 aromatic carbocycles. The number of amides is 1. The molecule has 150 valence electrons. The molecular formula is C24H28N4O. The van der Waals surface area contributed by atoms with E-state index in [-0.39, 0.29) is 5.91 Å². The van der Waals surface area contributed by atoms with Crippen molar-refractivity contribution in [2.45, 2.75) is 39.3 Å². The van der Waals surface area contributed by atoms with Gasteiger partial charge in [-0.25, -0.2) is 4.98 Å². The lowest BCUT2D eigenvalue weighted by Gasteiger charge is -2.26. The van der Waals surface area contributed by atoms with Gasteiger partial charge in [-0.15, -0.1) is 0 Å². The van der Waals surface area contributed by atoms with Crippen LogP contribution in [0.5, 0.6) is 0 Å². The maximum absolute atomic E-state index is 12.5. The highest BCUT2D eigenvalue weighted by molar-refractivity contribution is 5.94. The number of aryl methyl sites for hydroxylation is 1. The van der Waals surface area contributed by atoms with E-state index in [1.54, 1.807) is 6.20 Å². The minimum absolute atomic E-state index is 0.0379. The summed E-state index contributed by atoms with van der Waals surface area (Å²) in [5.41, 5.74) is 4.12. The van der Waals surface area contributed by atoms with E-state index < -0.39 is 0 Å².